The summed E-state index contributed by atoms with van der Waals surface area (Å²) >= 11 is 5.99. The molecule has 0 aliphatic rings. The first-order valence-electron chi connectivity index (χ1n) is 6.53. The number of nitrogens with one attached hydrogen (secondary N) is 1. The van der Waals surface area contributed by atoms with Crippen LogP contribution >= 0.6 is 11.6 Å². The SMILES string of the molecule is NC(=O)N(NC(=O)c1nnc2c(Cl)cccn12)c1ccccc1. The van der Waals surface area contributed by atoms with E-state index in [1.165, 1.54) is 4.40 Å². The quantitative estimate of drug-likeness (QED) is 0.696. The van der Waals surface area contributed by atoms with Crippen LogP contribution in [0.15, 0.2) is 48.7 Å². The Morgan fingerprint density at radius 3 is 2.57 bits per heavy atom. The molecular formula is C14H11ClN6O2. The Labute approximate surface area is 135 Å². The minimum atomic E-state index is -0.837. The molecule has 0 saturated carbocycles. The lowest BCUT2D eigenvalue weighted by atomic mass is 10.3. The number of benzene rings is 1. The summed E-state index contributed by atoms with van der Waals surface area (Å²) in [5, 5.41) is 8.93. The van der Waals surface area contributed by atoms with Gasteiger partial charge in [-0.2, -0.15) is 0 Å². The van der Waals surface area contributed by atoms with Gasteiger partial charge < -0.3 is 5.73 Å². The van der Waals surface area contributed by atoms with Crippen molar-refractivity contribution >= 4 is 34.9 Å². The molecule has 116 valence electrons. The highest BCUT2D eigenvalue weighted by molar-refractivity contribution is 6.33. The van der Waals surface area contributed by atoms with E-state index in [-0.39, 0.29) is 5.82 Å². The largest absolute Gasteiger partial charge is 0.350 e. The van der Waals surface area contributed by atoms with Crippen molar-refractivity contribution in [1.29, 1.82) is 0 Å². The van der Waals surface area contributed by atoms with E-state index in [4.69, 9.17) is 17.3 Å². The van der Waals surface area contributed by atoms with E-state index in [0.717, 1.165) is 5.01 Å². The third kappa shape index (κ3) is 2.79. The fraction of sp³-hybridized carbons (Fsp3) is 0. The third-order valence-electron chi connectivity index (χ3n) is 3.04. The highest BCUT2D eigenvalue weighted by Crippen LogP contribution is 2.16. The van der Waals surface area contributed by atoms with Crippen LogP contribution in [-0.4, -0.2) is 26.5 Å². The van der Waals surface area contributed by atoms with Crippen molar-refractivity contribution in [3.05, 3.63) is 59.5 Å². The number of hydrogen-bond acceptors (Lipinski definition) is 4. The van der Waals surface area contributed by atoms with Crippen LogP contribution in [0.2, 0.25) is 5.02 Å². The average Bonchev–Trinajstić information content (AvgIpc) is 2.98. The smallest absolute Gasteiger partial charge is 0.338 e. The van der Waals surface area contributed by atoms with Gasteiger partial charge in [0, 0.05) is 6.20 Å². The predicted molar refractivity (Wildman–Crippen MR) is 84.0 cm³/mol. The van der Waals surface area contributed by atoms with Crippen molar-refractivity contribution in [3.63, 3.8) is 0 Å². The number of hydrogen-bond donors (Lipinski definition) is 2. The zero-order chi connectivity index (χ0) is 16.4. The molecule has 0 unspecified atom stereocenters. The van der Waals surface area contributed by atoms with Crippen molar-refractivity contribution in [3.8, 4) is 0 Å². The molecule has 0 aliphatic heterocycles. The fourth-order valence-electron chi connectivity index (χ4n) is 2.01. The van der Waals surface area contributed by atoms with Gasteiger partial charge in [-0.25, -0.2) is 9.80 Å². The molecule has 0 spiro atoms. The standard InChI is InChI=1S/C14H11ClN6O2/c15-10-7-4-8-20-11(10)17-18-12(20)13(22)19-21(14(16)23)9-5-2-1-3-6-9/h1-8H,(H2,16,23)(H,19,22). The number of aromatic nitrogens is 3. The number of para-hydroxylation sites is 1. The Morgan fingerprint density at radius 1 is 1.13 bits per heavy atom. The highest BCUT2D eigenvalue weighted by atomic mass is 35.5. The number of carbonyl (C=O) groups is 2. The van der Waals surface area contributed by atoms with Crippen molar-refractivity contribution in [2.75, 3.05) is 5.01 Å². The molecule has 0 bridgehead atoms. The van der Waals surface area contributed by atoms with Crippen LogP contribution in [0, 0.1) is 0 Å². The Balaban J connectivity index is 1.93. The second kappa shape index (κ2) is 5.93. The van der Waals surface area contributed by atoms with Crippen LogP contribution in [0.1, 0.15) is 10.6 Å². The van der Waals surface area contributed by atoms with E-state index >= 15 is 0 Å². The first-order chi connectivity index (χ1) is 11.1. The number of amides is 3. The van der Waals surface area contributed by atoms with E-state index in [2.05, 4.69) is 15.6 Å². The zero-order valence-corrected chi connectivity index (χ0v) is 12.4. The maximum absolute atomic E-state index is 12.4. The monoisotopic (exact) mass is 330 g/mol. The first-order valence-corrected chi connectivity index (χ1v) is 6.90. The molecule has 0 atom stereocenters. The maximum Gasteiger partial charge on any atom is 0.338 e. The minimum Gasteiger partial charge on any atom is -0.350 e. The van der Waals surface area contributed by atoms with Gasteiger partial charge in [-0.05, 0) is 24.3 Å². The molecule has 3 aromatic rings. The third-order valence-corrected chi connectivity index (χ3v) is 3.33. The van der Waals surface area contributed by atoms with Crippen LogP contribution in [0.25, 0.3) is 5.65 Å². The van der Waals surface area contributed by atoms with Crippen LogP contribution < -0.4 is 16.2 Å². The maximum atomic E-state index is 12.4. The second-order valence-corrected chi connectivity index (χ2v) is 4.93. The molecule has 3 amide bonds. The van der Waals surface area contributed by atoms with Crippen LogP contribution in [0.4, 0.5) is 10.5 Å². The van der Waals surface area contributed by atoms with E-state index in [9.17, 15) is 9.59 Å². The van der Waals surface area contributed by atoms with E-state index in [0.29, 0.717) is 16.4 Å². The second-order valence-electron chi connectivity index (χ2n) is 4.52. The number of anilines is 1. The molecule has 3 rings (SSSR count). The Kier molecular flexibility index (Phi) is 3.82. The summed E-state index contributed by atoms with van der Waals surface area (Å²) in [5.41, 5.74) is 8.47. The van der Waals surface area contributed by atoms with Gasteiger partial charge in [-0.3, -0.25) is 14.6 Å². The lowest BCUT2D eigenvalue weighted by molar-refractivity contribution is 0.0939. The number of carbonyl (C=O) groups excluding carboxylic acids is 2. The molecule has 2 heterocycles. The summed E-state index contributed by atoms with van der Waals surface area (Å²) in [6, 6.07) is 10.9. The molecular weight excluding hydrogens is 320 g/mol. The van der Waals surface area contributed by atoms with Crippen LogP contribution in [-0.2, 0) is 0 Å². The Bertz CT molecular complexity index is 879. The number of pyridine rings is 1. The summed E-state index contributed by atoms with van der Waals surface area (Å²) in [7, 11) is 0. The lowest BCUT2D eigenvalue weighted by Gasteiger charge is -2.20. The molecule has 0 radical (unpaired) electrons. The summed E-state index contributed by atoms with van der Waals surface area (Å²) < 4.78 is 1.42. The van der Waals surface area contributed by atoms with Gasteiger partial charge >= 0.3 is 11.9 Å². The predicted octanol–water partition coefficient (Wildman–Crippen LogP) is 1.61. The molecule has 2 aromatic heterocycles. The number of fused-ring (bicyclic) bond motifs is 1. The summed E-state index contributed by atoms with van der Waals surface area (Å²) in [4.78, 5) is 24.0. The van der Waals surface area contributed by atoms with E-state index in [1.807, 2.05) is 0 Å². The molecule has 3 N–H and O–H groups in total. The van der Waals surface area contributed by atoms with Crippen LogP contribution in [0.3, 0.4) is 0 Å². The number of primary amides is 1. The Morgan fingerprint density at radius 2 is 1.87 bits per heavy atom. The molecule has 23 heavy (non-hydrogen) atoms. The van der Waals surface area contributed by atoms with Gasteiger partial charge in [0.1, 0.15) is 0 Å². The van der Waals surface area contributed by atoms with Crippen molar-refractivity contribution < 1.29 is 9.59 Å². The normalized spacial score (nSPS) is 10.5. The molecule has 8 nitrogen and oxygen atoms in total. The number of nitrogens with two attached hydrogens (primary N) is 1. The number of nitrogens with zero attached hydrogens (tertiary/aromatic N) is 4. The Hall–Kier alpha value is -3.13. The summed E-state index contributed by atoms with van der Waals surface area (Å²) in [6.07, 6.45) is 1.59. The van der Waals surface area contributed by atoms with Gasteiger partial charge in [-0.15, -0.1) is 10.2 Å². The highest BCUT2D eigenvalue weighted by Gasteiger charge is 2.21. The molecule has 1 aromatic carbocycles. The van der Waals surface area contributed by atoms with Gasteiger partial charge in [0.2, 0.25) is 5.82 Å². The fourth-order valence-corrected chi connectivity index (χ4v) is 2.22. The van der Waals surface area contributed by atoms with Crippen molar-refractivity contribution in [1.82, 2.24) is 20.0 Å². The van der Waals surface area contributed by atoms with E-state index in [1.54, 1.807) is 48.7 Å². The number of urea groups is 1. The topological polar surface area (TPSA) is 106 Å². The van der Waals surface area contributed by atoms with E-state index < -0.39 is 11.9 Å². The van der Waals surface area contributed by atoms with Crippen molar-refractivity contribution in [2.24, 2.45) is 5.73 Å². The zero-order valence-electron chi connectivity index (χ0n) is 11.7. The number of hydrazine groups is 1. The van der Waals surface area contributed by atoms with Crippen LogP contribution in [0.5, 0.6) is 0 Å². The molecule has 0 fully saturated rings. The van der Waals surface area contributed by atoms with Gasteiger partial charge in [0.15, 0.2) is 5.65 Å². The van der Waals surface area contributed by atoms with Crippen molar-refractivity contribution in [2.45, 2.75) is 0 Å². The minimum absolute atomic E-state index is 0.0234. The van der Waals surface area contributed by atoms with Gasteiger partial charge in [0.05, 0.1) is 10.7 Å². The summed E-state index contributed by atoms with van der Waals surface area (Å²) in [5.74, 6) is -0.674. The first kappa shape index (κ1) is 14.8. The molecule has 0 saturated heterocycles. The van der Waals surface area contributed by atoms with Gasteiger partial charge in [-0.1, -0.05) is 29.8 Å². The van der Waals surface area contributed by atoms with Gasteiger partial charge in [0.25, 0.3) is 0 Å². The molecule has 9 heteroatoms. The number of rotatable bonds is 2. The summed E-state index contributed by atoms with van der Waals surface area (Å²) in [6.45, 7) is 0. The molecule has 0 aliphatic carbocycles. The average molecular weight is 331 g/mol. The number of halogens is 1. The lowest BCUT2D eigenvalue weighted by Crippen LogP contribution is -2.49.